The Morgan fingerprint density at radius 1 is 1.03 bits per heavy atom. The molecular weight excluding hydrogens is 516 g/mol. The van der Waals surface area contributed by atoms with Gasteiger partial charge in [0.2, 0.25) is 0 Å². The van der Waals surface area contributed by atoms with Crippen molar-refractivity contribution in [2.24, 2.45) is 7.05 Å². The second-order valence-electron chi connectivity index (χ2n) is 8.70. The van der Waals surface area contributed by atoms with Crippen LogP contribution in [0.2, 0.25) is 0 Å². The SMILES string of the molecule is Cn1ccc(-c2cc(C(=O)Nc3cc(Cc4ccc[nH]c4=O)nn3-c3ccc(F)cc3)ccc2C(F)(F)F)n1. The minimum Gasteiger partial charge on any atom is -0.329 e. The van der Waals surface area contributed by atoms with Crippen molar-refractivity contribution < 1.29 is 22.4 Å². The molecule has 2 N–H and O–H groups in total. The van der Waals surface area contributed by atoms with Crippen LogP contribution >= 0.6 is 0 Å². The first-order valence-corrected chi connectivity index (χ1v) is 11.6. The summed E-state index contributed by atoms with van der Waals surface area (Å²) in [4.78, 5) is 28.0. The van der Waals surface area contributed by atoms with Gasteiger partial charge in [-0.2, -0.15) is 23.4 Å². The summed E-state index contributed by atoms with van der Waals surface area (Å²) in [5.41, 5.74) is -0.179. The van der Waals surface area contributed by atoms with Crippen molar-refractivity contribution in [1.29, 1.82) is 0 Å². The molecule has 39 heavy (non-hydrogen) atoms. The molecule has 0 radical (unpaired) electrons. The van der Waals surface area contributed by atoms with Gasteiger partial charge < -0.3 is 10.3 Å². The molecule has 0 saturated carbocycles. The molecule has 3 heterocycles. The fourth-order valence-corrected chi connectivity index (χ4v) is 4.07. The molecule has 0 aliphatic carbocycles. The van der Waals surface area contributed by atoms with Crippen LogP contribution in [0.4, 0.5) is 23.4 Å². The van der Waals surface area contributed by atoms with Crippen LogP contribution in [0, 0.1) is 5.82 Å². The Labute approximate surface area is 218 Å². The van der Waals surface area contributed by atoms with E-state index in [1.807, 2.05) is 0 Å². The van der Waals surface area contributed by atoms with Crippen molar-refractivity contribution in [3.63, 3.8) is 0 Å². The molecular formula is C27H20F4N6O2. The van der Waals surface area contributed by atoms with Gasteiger partial charge in [-0.25, -0.2) is 9.07 Å². The maximum atomic E-state index is 13.7. The molecule has 0 aliphatic rings. The molecule has 5 aromatic rings. The highest BCUT2D eigenvalue weighted by atomic mass is 19.4. The van der Waals surface area contributed by atoms with E-state index in [2.05, 4.69) is 20.5 Å². The Hall–Kier alpha value is -5.00. The van der Waals surface area contributed by atoms with Crippen LogP contribution in [0.1, 0.15) is 27.2 Å². The van der Waals surface area contributed by atoms with Gasteiger partial charge in [0.1, 0.15) is 11.6 Å². The van der Waals surface area contributed by atoms with Crippen molar-refractivity contribution in [1.82, 2.24) is 24.5 Å². The summed E-state index contributed by atoms with van der Waals surface area (Å²) < 4.78 is 57.4. The number of aromatic nitrogens is 5. The number of nitrogens with one attached hydrogen (secondary N) is 2. The van der Waals surface area contributed by atoms with Crippen LogP contribution in [0.3, 0.4) is 0 Å². The fraction of sp³-hybridized carbons (Fsp3) is 0.111. The molecule has 1 amide bonds. The van der Waals surface area contributed by atoms with Crippen LogP contribution in [0.5, 0.6) is 0 Å². The lowest BCUT2D eigenvalue weighted by Gasteiger charge is -2.14. The van der Waals surface area contributed by atoms with Crippen LogP contribution < -0.4 is 10.9 Å². The topological polar surface area (TPSA) is 97.6 Å². The molecule has 5 rings (SSSR count). The van der Waals surface area contributed by atoms with E-state index in [9.17, 15) is 27.2 Å². The minimum atomic E-state index is -4.66. The number of alkyl halides is 3. The number of carbonyl (C=O) groups excluding carboxylic acids is 1. The first kappa shape index (κ1) is 25.6. The van der Waals surface area contributed by atoms with Crippen molar-refractivity contribution in [2.45, 2.75) is 12.6 Å². The molecule has 8 nitrogen and oxygen atoms in total. The summed E-state index contributed by atoms with van der Waals surface area (Å²) >= 11 is 0. The van der Waals surface area contributed by atoms with Crippen LogP contribution in [0.15, 0.2) is 83.9 Å². The fourth-order valence-electron chi connectivity index (χ4n) is 4.07. The van der Waals surface area contributed by atoms with E-state index in [1.54, 1.807) is 19.2 Å². The Balaban J connectivity index is 1.52. The molecule has 0 fully saturated rings. The zero-order chi connectivity index (χ0) is 27.7. The molecule has 12 heteroatoms. The number of amides is 1. The van der Waals surface area contributed by atoms with Crippen molar-refractivity contribution >= 4 is 11.7 Å². The molecule has 3 aromatic heterocycles. The summed E-state index contributed by atoms with van der Waals surface area (Å²) in [5, 5.41) is 11.2. The smallest absolute Gasteiger partial charge is 0.329 e. The first-order valence-electron chi connectivity index (χ1n) is 11.6. The van der Waals surface area contributed by atoms with Crippen LogP contribution in [-0.2, 0) is 19.6 Å². The summed E-state index contributed by atoms with van der Waals surface area (Å²) in [6, 6.07) is 14.7. The number of benzene rings is 2. The highest BCUT2D eigenvalue weighted by Gasteiger charge is 2.34. The third kappa shape index (κ3) is 5.49. The molecule has 198 valence electrons. The Morgan fingerprint density at radius 3 is 2.46 bits per heavy atom. The Morgan fingerprint density at radius 2 is 1.79 bits per heavy atom. The number of rotatable bonds is 6. The average Bonchev–Trinajstić information content (AvgIpc) is 3.51. The number of nitrogens with zero attached hydrogens (tertiary/aromatic N) is 4. The number of aromatic amines is 1. The summed E-state index contributed by atoms with van der Waals surface area (Å²) in [6.07, 6.45) is -1.52. The second-order valence-corrected chi connectivity index (χ2v) is 8.70. The van der Waals surface area contributed by atoms with Gasteiger partial charge in [-0.05, 0) is 54.6 Å². The number of anilines is 1. The molecule has 0 atom stereocenters. The quantitative estimate of drug-likeness (QED) is 0.300. The van der Waals surface area contributed by atoms with Gasteiger partial charge in [0, 0.05) is 48.6 Å². The lowest BCUT2D eigenvalue weighted by molar-refractivity contribution is -0.137. The van der Waals surface area contributed by atoms with Gasteiger partial charge in [-0.3, -0.25) is 14.3 Å². The summed E-state index contributed by atoms with van der Waals surface area (Å²) in [7, 11) is 1.57. The number of pyridine rings is 1. The maximum Gasteiger partial charge on any atom is 0.417 e. The first-order chi connectivity index (χ1) is 18.6. The third-order valence-electron chi connectivity index (χ3n) is 5.92. The largest absolute Gasteiger partial charge is 0.417 e. The molecule has 0 aliphatic heterocycles. The number of hydrogen-bond donors (Lipinski definition) is 2. The Kier molecular flexibility index (Phi) is 6.60. The number of halogens is 4. The van der Waals surface area contributed by atoms with Crippen molar-refractivity contribution in [2.75, 3.05) is 5.32 Å². The van der Waals surface area contributed by atoms with Crippen LogP contribution in [-0.4, -0.2) is 30.5 Å². The minimum absolute atomic E-state index is 0.0448. The zero-order valence-electron chi connectivity index (χ0n) is 20.3. The molecule has 0 unspecified atom stereocenters. The molecule has 0 bridgehead atoms. The highest BCUT2D eigenvalue weighted by molar-refractivity contribution is 6.04. The summed E-state index contributed by atoms with van der Waals surface area (Å²) in [6.45, 7) is 0. The maximum absolute atomic E-state index is 13.7. The number of aryl methyl sites for hydroxylation is 1. The van der Waals surface area contributed by atoms with Crippen LogP contribution in [0.25, 0.3) is 16.9 Å². The summed E-state index contributed by atoms with van der Waals surface area (Å²) in [5.74, 6) is -0.999. The molecule has 0 saturated heterocycles. The van der Waals surface area contributed by atoms with Gasteiger partial charge in [0.25, 0.3) is 11.5 Å². The predicted octanol–water partition coefficient (Wildman–Crippen LogP) is 4.96. The van der Waals surface area contributed by atoms with E-state index in [0.29, 0.717) is 16.9 Å². The van der Waals surface area contributed by atoms with E-state index in [1.165, 1.54) is 58.2 Å². The average molecular weight is 536 g/mol. The predicted molar refractivity (Wildman–Crippen MR) is 135 cm³/mol. The van der Waals surface area contributed by atoms with Gasteiger partial charge in [0.05, 0.1) is 22.6 Å². The molecule has 0 spiro atoms. The van der Waals surface area contributed by atoms with E-state index in [-0.39, 0.29) is 34.6 Å². The van der Waals surface area contributed by atoms with Crippen molar-refractivity contribution in [3.05, 3.63) is 118 Å². The van der Waals surface area contributed by atoms with E-state index >= 15 is 0 Å². The third-order valence-corrected chi connectivity index (χ3v) is 5.92. The Bertz CT molecular complexity index is 1720. The number of H-pyrrole nitrogens is 1. The van der Waals surface area contributed by atoms with E-state index in [0.717, 1.165) is 18.2 Å². The standard InChI is InChI=1S/C27H20F4N6O2/c1-36-12-10-23(35-36)21-14-17(4-9-22(21)27(29,30)31)26(39)33-24-15-19(13-16-3-2-11-32-25(16)38)34-37(24)20-7-5-18(28)6-8-20/h2-12,14-15H,13H2,1H3,(H,32,38)(H,33,39). The van der Waals surface area contributed by atoms with Gasteiger partial charge >= 0.3 is 6.18 Å². The molecule has 2 aromatic carbocycles. The van der Waals surface area contributed by atoms with E-state index in [4.69, 9.17) is 0 Å². The lowest BCUT2D eigenvalue weighted by atomic mass is 10.0. The number of carbonyl (C=O) groups is 1. The normalized spacial score (nSPS) is 11.5. The monoisotopic (exact) mass is 536 g/mol. The van der Waals surface area contributed by atoms with E-state index < -0.39 is 23.5 Å². The van der Waals surface area contributed by atoms with Gasteiger partial charge in [-0.15, -0.1) is 0 Å². The lowest BCUT2D eigenvalue weighted by Crippen LogP contribution is -2.16. The zero-order valence-corrected chi connectivity index (χ0v) is 20.3. The second kappa shape index (κ2) is 10.0. The number of hydrogen-bond acceptors (Lipinski definition) is 4. The highest BCUT2D eigenvalue weighted by Crippen LogP contribution is 2.37. The van der Waals surface area contributed by atoms with Gasteiger partial charge in [0.15, 0.2) is 0 Å². The van der Waals surface area contributed by atoms with Crippen molar-refractivity contribution in [3.8, 4) is 16.9 Å². The van der Waals surface area contributed by atoms with Gasteiger partial charge in [-0.1, -0.05) is 6.07 Å².